The molecular weight excluding hydrogens is 276 g/mol. The maximum atomic E-state index is 3.82. The minimum atomic E-state index is 0.0729. The van der Waals surface area contributed by atoms with Crippen molar-refractivity contribution in [2.75, 3.05) is 31.1 Å². The summed E-state index contributed by atoms with van der Waals surface area (Å²) in [4.78, 5) is 2.71. The van der Waals surface area contributed by atoms with Gasteiger partial charge in [0.15, 0.2) is 0 Å². The fourth-order valence-corrected chi connectivity index (χ4v) is 3.92. The monoisotopic (exact) mass is 306 g/mol. The molecule has 1 aromatic rings. The average Bonchev–Trinajstić information content (AvgIpc) is 2.48. The Labute approximate surface area is 134 Å². The average molecular weight is 307 g/mol. The van der Waals surface area contributed by atoms with Crippen molar-refractivity contribution in [3.05, 3.63) is 35.9 Å². The van der Waals surface area contributed by atoms with Crippen LogP contribution in [0.5, 0.6) is 0 Å². The predicted octanol–water partition coefficient (Wildman–Crippen LogP) is 3.58. The van der Waals surface area contributed by atoms with Gasteiger partial charge in [-0.15, -0.1) is 0 Å². The molecule has 21 heavy (non-hydrogen) atoms. The molecule has 2 nitrogen and oxygen atoms in total. The molecule has 118 valence electrons. The summed E-state index contributed by atoms with van der Waals surface area (Å²) >= 11 is 2.05. The van der Waals surface area contributed by atoms with Crippen LogP contribution in [0.1, 0.15) is 33.3 Å². The lowest BCUT2D eigenvalue weighted by atomic mass is 9.86. The van der Waals surface area contributed by atoms with E-state index in [4.69, 9.17) is 0 Å². The third-order valence-corrected chi connectivity index (χ3v) is 5.48. The summed E-state index contributed by atoms with van der Waals surface area (Å²) in [5, 5.41) is 3.82. The summed E-state index contributed by atoms with van der Waals surface area (Å²) < 4.78 is 0. The Kier molecular flexibility index (Phi) is 6.15. The van der Waals surface area contributed by atoms with E-state index in [1.165, 1.54) is 23.6 Å². The molecule has 0 aliphatic carbocycles. The molecule has 0 amide bonds. The molecule has 2 rings (SSSR count). The molecule has 1 aliphatic rings. The summed E-state index contributed by atoms with van der Waals surface area (Å²) in [5.74, 6) is 3.16. The highest BCUT2D eigenvalue weighted by Gasteiger charge is 2.37. The lowest BCUT2D eigenvalue weighted by molar-refractivity contribution is 0.0668. The van der Waals surface area contributed by atoms with E-state index in [1.807, 2.05) is 11.8 Å². The lowest BCUT2D eigenvalue weighted by Gasteiger charge is -2.48. The van der Waals surface area contributed by atoms with Gasteiger partial charge in [0, 0.05) is 31.4 Å². The van der Waals surface area contributed by atoms with E-state index in [2.05, 4.69) is 68.2 Å². The summed E-state index contributed by atoms with van der Waals surface area (Å²) in [6.45, 7) is 12.7. The van der Waals surface area contributed by atoms with Gasteiger partial charge in [0.2, 0.25) is 0 Å². The summed E-state index contributed by atoms with van der Waals surface area (Å²) in [6, 6.07) is 11.5. The van der Waals surface area contributed by atoms with E-state index in [1.54, 1.807) is 0 Å². The van der Waals surface area contributed by atoms with Crippen LogP contribution in [-0.4, -0.2) is 42.1 Å². The Morgan fingerprint density at radius 1 is 1.33 bits per heavy atom. The van der Waals surface area contributed by atoms with Gasteiger partial charge in [-0.3, -0.25) is 4.90 Å². The molecule has 1 aromatic carbocycles. The van der Waals surface area contributed by atoms with E-state index < -0.39 is 0 Å². The topological polar surface area (TPSA) is 15.3 Å². The molecule has 3 heteroatoms. The van der Waals surface area contributed by atoms with Crippen molar-refractivity contribution in [1.82, 2.24) is 10.2 Å². The number of nitrogens with zero attached hydrogens (tertiary/aromatic N) is 1. The molecule has 1 N–H and O–H groups in total. The van der Waals surface area contributed by atoms with Crippen molar-refractivity contribution in [1.29, 1.82) is 0 Å². The van der Waals surface area contributed by atoms with E-state index in [-0.39, 0.29) is 5.54 Å². The largest absolute Gasteiger partial charge is 0.305 e. The lowest BCUT2D eigenvalue weighted by Crippen LogP contribution is -2.62. The fourth-order valence-electron chi connectivity index (χ4n) is 3.27. The predicted molar refractivity (Wildman–Crippen MR) is 95.0 cm³/mol. The molecule has 2 atom stereocenters. The second-order valence-electron chi connectivity index (χ2n) is 6.56. The number of rotatable bonds is 6. The molecule has 0 bridgehead atoms. The second-order valence-corrected chi connectivity index (χ2v) is 7.95. The van der Waals surface area contributed by atoms with Gasteiger partial charge in [0.25, 0.3) is 0 Å². The number of benzene rings is 1. The Bertz CT molecular complexity index is 420. The van der Waals surface area contributed by atoms with E-state index >= 15 is 0 Å². The summed E-state index contributed by atoms with van der Waals surface area (Å²) in [7, 11) is 0. The number of hydrogen-bond donors (Lipinski definition) is 1. The van der Waals surface area contributed by atoms with Crippen LogP contribution in [0.2, 0.25) is 0 Å². The van der Waals surface area contributed by atoms with Gasteiger partial charge >= 0.3 is 0 Å². The quantitative estimate of drug-likeness (QED) is 0.809. The Morgan fingerprint density at radius 2 is 2.05 bits per heavy atom. The van der Waals surface area contributed by atoms with E-state index in [0.29, 0.717) is 12.0 Å². The van der Waals surface area contributed by atoms with Gasteiger partial charge in [-0.25, -0.2) is 0 Å². The third kappa shape index (κ3) is 4.24. The highest BCUT2D eigenvalue weighted by atomic mass is 32.2. The van der Waals surface area contributed by atoms with Gasteiger partial charge in [-0.05, 0) is 24.2 Å². The van der Waals surface area contributed by atoms with Crippen molar-refractivity contribution in [2.24, 2.45) is 5.92 Å². The number of nitrogens with one attached hydrogen (secondary N) is 1. The van der Waals surface area contributed by atoms with Crippen LogP contribution in [-0.2, 0) is 5.54 Å². The van der Waals surface area contributed by atoms with Crippen molar-refractivity contribution in [3.63, 3.8) is 0 Å². The van der Waals surface area contributed by atoms with Gasteiger partial charge in [0.1, 0.15) is 0 Å². The maximum Gasteiger partial charge on any atom is 0.0535 e. The minimum Gasteiger partial charge on any atom is -0.305 e. The second kappa shape index (κ2) is 7.66. The first-order valence-corrected chi connectivity index (χ1v) is 9.34. The Hall–Kier alpha value is -0.510. The van der Waals surface area contributed by atoms with Gasteiger partial charge in [-0.2, -0.15) is 11.8 Å². The zero-order chi connectivity index (χ0) is 15.3. The van der Waals surface area contributed by atoms with Crippen LogP contribution in [0, 0.1) is 5.92 Å². The standard InChI is InChI=1S/C18H30N2S/c1-5-21-12-11-20-14-18(4,16-9-7-6-8-10-16)19-13-17(20)15(2)3/h6-10,15,17,19H,5,11-14H2,1-4H3. The normalized spacial score (nSPS) is 27.2. The third-order valence-electron chi connectivity index (χ3n) is 4.60. The molecule has 0 saturated carbocycles. The zero-order valence-corrected chi connectivity index (χ0v) is 14.7. The Balaban J connectivity index is 2.10. The van der Waals surface area contributed by atoms with Crippen molar-refractivity contribution >= 4 is 11.8 Å². The van der Waals surface area contributed by atoms with Gasteiger partial charge in [0.05, 0.1) is 5.54 Å². The van der Waals surface area contributed by atoms with Crippen LogP contribution in [0.4, 0.5) is 0 Å². The molecule has 1 fully saturated rings. The smallest absolute Gasteiger partial charge is 0.0535 e. The van der Waals surface area contributed by atoms with Crippen LogP contribution >= 0.6 is 11.8 Å². The molecule has 1 heterocycles. The summed E-state index contributed by atoms with van der Waals surface area (Å²) in [6.07, 6.45) is 0. The Morgan fingerprint density at radius 3 is 2.67 bits per heavy atom. The van der Waals surface area contributed by atoms with Crippen LogP contribution in [0.3, 0.4) is 0 Å². The van der Waals surface area contributed by atoms with Crippen molar-refractivity contribution < 1.29 is 0 Å². The highest BCUT2D eigenvalue weighted by Crippen LogP contribution is 2.28. The number of piperazine rings is 1. The molecule has 0 aromatic heterocycles. The van der Waals surface area contributed by atoms with E-state index in [9.17, 15) is 0 Å². The van der Waals surface area contributed by atoms with Crippen LogP contribution in [0.15, 0.2) is 30.3 Å². The molecule has 1 saturated heterocycles. The van der Waals surface area contributed by atoms with Gasteiger partial charge < -0.3 is 5.32 Å². The maximum absolute atomic E-state index is 3.82. The summed E-state index contributed by atoms with van der Waals surface area (Å²) in [5.41, 5.74) is 1.48. The highest BCUT2D eigenvalue weighted by molar-refractivity contribution is 7.99. The van der Waals surface area contributed by atoms with E-state index in [0.717, 1.165) is 13.1 Å². The molecule has 2 unspecified atom stereocenters. The molecule has 0 spiro atoms. The first-order valence-electron chi connectivity index (χ1n) is 8.19. The first-order chi connectivity index (χ1) is 10.1. The van der Waals surface area contributed by atoms with Gasteiger partial charge in [-0.1, -0.05) is 51.1 Å². The molecule has 1 aliphatic heterocycles. The molecular formula is C18H30N2S. The number of hydrogen-bond acceptors (Lipinski definition) is 3. The molecule has 0 radical (unpaired) electrons. The SMILES string of the molecule is CCSCCN1CC(C)(c2ccccc2)NCC1C(C)C. The van der Waals surface area contributed by atoms with Crippen LogP contribution < -0.4 is 5.32 Å². The van der Waals surface area contributed by atoms with Crippen molar-refractivity contribution in [2.45, 2.75) is 39.3 Å². The zero-order valence-electron chi connectivity index (χ0n) is 13.9. The first kappa shape index (κ1) is 16.9. The fraction of sp³-hybridized carbons (Fsp3) is 0.667. The minimum absolute atomic E-state index is 0.0729. The van der Waals surface area contributed by atoms with Crippen LogP contribution in [0.25, 0.3) is 0 Å². The van der Waals surface area contributed by atoms with Crippen molar-refractivity contribution in [3.8, 4) is 0 Å². The number of thioether (sulfide) groups is 1.